The first-order valence-corrected chi connectivity index (χ1v) is 8.67. The van der Waals surface area contributed by atoms with Crippen LogP contribution in [0.5, 0.6) is 17.2 Å². The molecule has 0 amide bonds. The predicted octanol–water partition coefficient (Wildman–Crippen LogP) is 0.724. The molecule has 2 aliphatic rings. The topological polar surface area (TPSA) is 108 Å². The number of anilines is 1. The molecule has 0 saturated carbocycles. The number of benzene rings is 1. The van der Waals surface area contributed by atoms with Crippen LogP contribution in [0.2, 0.25) is 0 Å². The highest BCUT2D eigenvalue weighted by Crippen LogP contribution is 2.41. The molecular weight excluding hydrogens is 358 g/mol. The molecule has 2 aliphatic heterocycles. The lowest BCUT2D eigenvalue weighted by Crippen LogP contribution is -2.62. The summed E-state index contributed by atoms with van der Waals surface area (Å²) in [7, 11) is 4.55. The Bertz CT molecular complexity index is 656. The molecule has 9 heteroatoms. The molecule has 3 N–H and O–H groups in total. The van der Waals surface area contributed by atoms with Crippen LogP contribution < -0.4 is 19.5 Å². The van der Waals surface area contributed by atoms with E-state index >= 15 is 0 Å². The van der Waals surface area contributed by atoms with Crippen molar-refractivity contribution in [3.63, 3.8) is 0 Å². The summed E-state index contributed by atoms with van der Waals surface area (Å²) >= 11 is 0. The molecule has 27 heavy (non-hydrogen) atoms. The number of nitrogens with one attached hydrogen (secondary N) is 1. The van der Waals surface area contributed by atoms with Gasteiger partial charge in [-0.2, -0.15) is 0 Å². The van der Waals surface area contributed by atoms with Gasteiger partial charge in [0.15, 0.2) is 17.3 Å². The smallest absolute Gasteiger partial charge is 0.212 e. The molecule has 1 aromatic carbocycles. The first-order valence-electron chi connectivity index (χ1n) is 8.67. The summed E-state index contributed by atoms with van der Waals surface area (Å²) in [5.74, 6) is -1.29. The van der Waals surface area contributed by atoms with Crippen molar-refractivity contribution in [2.45, 2.75) is 43.7 Å². The zero-order valence-corrected chi connectivity index (χ0v) is 16.1. The Kier molecular flexibility index (Phi) is 5.42. The van der Waals surface area contributed by atoms with Gasteiger partial charge in [0, 0.05) is 17.8 Å². The van der Waals surface area contributed by atoms with Crippen LogP contribution in [0.1, 0.15) is 13.8 Å². The molecule has 0 spiro atoms. The van der Waals surface area contributed by atoms with Crippen LogP contribution >= 0.6 is 0 Å². The van der Waals surface area contributed by atoms with E-state index in [4.69, 9.17) is 28.4 Å². The molecule has 0 aromatic heterocycles. The highest BCUT2D eigenvalue weighted by Gasteiger charge is 2.56. The Morgan fingerprint density at radius 3 is 2.30 bits per heavy atom. The number of aliphatic hydroxyl groups is 2. The van der Waals surface area contributed by atoms with E-state index in [2.05, 4.69) is 5.32 Å². The second-order valence-corrected chi connectivity index (χ2v) is 7.01. The monoisotopic (exact) mass is 385 g/mol. The van der Waals surface area contributed by atoms with Crippen molar-refractivity contribution < 1.29 is 38.6 Å². The molecular formula is C18H27NO8. The first-order chi connectivity index (χ1) is 12.7. The molecule has 1 aromatic rings. The summed E-state index contributed by atoms with van der Waals surface area (Å²) < 4.78 is 32.8. The lowest BCUT2D eigenvalue weighted by atomic mass is 9.97. The van der Waals surface area contributed by atoms with Crippen molar-refractivity contribution in [2.75, 3.05) is 39.8 Å². The molecule has 0 aliphatic carbocycles. The van der Waals surface area contributed by atoms with Gasteiger partial charge in [0.1, 0.15) is 18.3 Å². The summed E-state index contributed by atoms with van der Waals surface area (Å²) in [5.41, 5.74) is 0.597. The fraction of sp³-hybridized carbons (Fsp3) is 0.667. The fourth-order valence-electron chi connectivity index (χ4n) is 3.40. The van der Waals surface area contributed by atoms with Crippen molar-refractivity contribution in [1.82, 2.24) is 0 Å². The molecule has 2 fully saturated rings. The standard InChI is InChI=1S/C18H27NO8/c1-17(2)26-13-8-25-18(21,16(20)15(13)27-17)9-19-10-6-11(22-3)14(24-5)12(7-10)23-4/h6-7,13,15-16,19-21H,8-9H2,1-5H3/t13-,15-,16+,18-/m1/s1. The number of aliphatic hydroxyl groups excluding tert-OH is 1. The molecule has 3 rings (SSSR count). The Morgan fingerprint density at radius 1 is 1.11 bits per heavy atom. The minimum absolute atomic E-state index is 0.0835. The van der Waals surface area contributed by atoms with Gasteiger partial charge < -0.3 is 44.0 Å². The maximum absolute atomic E-state index is 10.8. The summed E-state index contributed by atoms with van der Waals surface area (Å²) in [6.07, 6.45) is -2.40. The van der Waals surface area contributed by atoms with E-state index in [0.717, 1.165) is 0 Å². The fourth-order valence-corrected chi connectivity index (χ4v) is 3.40. The number of rotatable bonds is 6. The summed E-state index contributed by atoms with van der Waals surface area (Å²) in [6.45, 7) is 3.54. The van der Waals surface area contributed by atoms with Gasteiger partial charge in [-0.15, -0.1) is 0 Å². The lowest BCUT2D eigenvalue weighted by molar-refractivity contribution is -0.298. The maximum Gasteiger partial charge on any atom is 0.212 e. The Morgan fingerprint density at radius 2 is 1.74 bits per heavy atom. The molecule has 9 nitrogen and oxygen atoms in total. The van der Waals surface area contributed by atoms with Crippen molar-refractivity contribution >= 4 is 5.69 Å². The van der Waals surface area contributed by atoms with Gasteiger partial charge in [0.05, 0.1) is 34.5 Å². The summed E-state index contributed by atoms with van der Waals surface area (Å²) in [5, 5.41) is 24.5. The maximum atomic E-state index is 10.8. The van der Waals surface area contributed by atoms with E-state index in [1.54, 1.807) is 26.0 Å². The number of ether oxygens (including phenoxy) is 6. The van der Waals surface area contributed by atoms with Gasteiger partial charge in [0.25, 0.3) is 0 Å². The van der Waals surface area contributed by atoms with E-state index in [0.29, 0.717) is 22.9 Å². The second kappa shape index (κ2) is 7.33. The third-order valence-corrected chi connectivity index (χ3v) is 4.70. The summed E-state index contributed by atoms with van der Waals surface area (Å²) in [6, 6.07) is 3.39. The van der Waals surface area contributed by atoms with Gasteiger partial charge in [-0.3, -0.25) is 0 Å². The molecule has 0 unspecified atom stereocenters. The zero-order chi connectivity index (χ0) is 19.8. The normalized spacial score (nSPS) is 31.9. The third kappa shape index (κ3) is 3.78. The van der Waals surface area contributed by atoms with E-state index in [1.807, 2.05) is 0 Å². The number of fused-ring (bicyclic) bond motifs is 1. The Labute approximate surface area is 158 Å². The molecule has 152 valence electrons. The van der Waals surface area contributed by atoms with Crippen LogP contribution in [0, 0.1) is 0 Å². The molecule has 2 saturated heterocycles. The van der Waals surface area contributed by atoms with E-state index in [9.17, 15) is 10.2 Å². The van der Waals surface area contributed by atoms with Crippen LogP contribution in [0.3, 0.4) is 0 Å². The van der Waals surface area contributed by atoms with Gasteiger partial charge >= 0.3 is 0 Å². The SMILES string of the molecule is COc1cc(NC[C@@]2(O)OC[C@H]3OC(C)(C)O[C@H]3[C@@H]2O)cc(OC)c1OC. The average Bonchev–Trinajstić information content (AvgIpc) is 2.97. The van der Waals surface area contributed by atoms with Gasteiger partial charge in [-0.05, 0) is 13.8 Å². The van der Waals surface area contributed by atoms with Crippen molar-refractivity contribution in [3.8, 4) is 17.2 Å². The number of methoxy groups -OCH3 is 3. The minimum Gasteiger partial charge on any atom is -0.493 e. The molecule has 4 atom stereocenters. The van der Waals surface area contributed by atoms with Crippen LogP contribution in [0.15, 0.2) is 12.1 Å². The zero-order valence-electron chi connectivity index (χ0n) is 16.1. The highest BCUT2D eigenvalue weighted by atomic mass is 16.8. The summed E-state index contributed by atoms with van der Waals surface area (Å²) in [4.78, 5) is 0. The molecule has 2 heterocycles. The Balaban J connectivity index is 1.74. The first kappa shape index (κ1) is 20.0. The van der Waals surface area contributed by atoms with Crippen LogP contribution in [-0.4, -0.2) is 74.6 Å². The minimum atomic E-state index is -1.84. The number of hydrogen-bond acceptors (Lipinski definition) is 9. The molecule has 0 bridgehead atoms. The van der Waals surface area contributed by atoms with E-state index in [1.165, 1.54) is 21.3 Å². The Hall–Kier alpha value is -1.78. The van der Waals surface area contributed by atoms with Crippen LogP contribution in [0.25, 0.3) is 0 Å². The van der Waals surface area contributed by atoms with Gasteiger partial charge in [-0.25, -0.2) is 0 Å². The quantitative estimate of drug-likeness (QED) is 0.653. The van der Waals surface area contributed by atoms with Crippen LogP contribution in [-0.2, 0) is 14.2 Å². The van der Waals surface area contributed by atoms with E-state index < -0.39 is 29.9 Å². The third-order valence-electron chi connectivity index (χ3n) is 4.70. The van der Waals surface area contributed by atoms with Crippen LogP contribution in [0.4, 0.5) is 5.69 Å². The molecule has 0 radical (unpaired) electrons. The van der Waals surface area contributed by atoms with Gasteiger partial charge in [-0.1, -0.05) is 0 Å². The number of hydrogen-bond donors (Lipinski definition) is 3. The second-order valence-electron chi connectivity index (χ2n) is 7.01. The average molecular weight is 385 g/mol. The van der Waals surface area contributed by atoms with E-state index in [-0.39, 0.29) is 13.2 Å². The van der Waals surface area contributed by atoms with Crippen molar-refractivity contribution in [3.05, 3.63) is 12.1 Å². The van der Waals surface area contributed by atoms with Gasteiger partial charge in [0.2, 0.25) is 11.5 Å². The highest BCUT2D eigenvalue weighted by molar-refractivity contribution is 5.62. The largest absolute Gasteiger partial charge is 0.493 e. The van der Waals surface area contributed by atoms with Crippen molar-refractivity contribution in [1.29, 1.82) is 0 Å². The van der Waals surface area contributed by atoms with Crippen molar-refractivity contribution in [2.24, 2.45) is 0 Å². The predicted molar refractivity (Wildman–Crippen MR) is 95.3 cm³/mol. The lowest BCUT2D eigenvalue weighted by Gasteiger charge is -2.41.